The topological polar surface area (TPSA) is 32.3 Å². The third kappa shape index (κ3) is 5.18. The Morgan fingerprint density at radius 3 is 2.58 bits per heavy atom. The number of carbonyl (C=O) groups excluding carboxylic acids is 1. The number of amides is 1. The molecule has 3 rings (SSSR count). The Bertz CT molecular complexity index is 574. The average molecular weight is 391 g/mol. The van der Waals surface area contributed by atoms with Crippen LogP contribution in [-0.4, -0.2) is 30.4 Å². The van der Waals surface area contributed by atoms with Gasteiger partial charge in [-0.25, -0.2) is 0 Å². The highest BCUT2D eigenvalue weighted by atomic mass is 79.9. The van der Waals surface area contributed by atoms with E-state index in [-0.39, 0.29) is 11.8 Å². The van der Waals surface area contributed by atoms with Crippen LogP contribution in [0.3, 0.4) is 0 Å². The quantitative estimate of drug-likeness (QED) is 0.760. The number of piperidine rings is 1. The first kappa shape index (κ1) is 17.7. The molecule has 0 saturated carbocycles. The van der Waals surface area contributed by atoms with Crippen LogP contribution in [0.4, 0.5) is 0 Å². The molecule has 0 atom stereocenters. The van der Waals surface area contributed by atoms with Crippen LogP contribution < -0.4 is 5.32 Å². The number of hydrogen-bond acceptors (Lipinski definition) is 2. The Hall–Kier alpha value is -1.13. The normalized spacial score (nSPS) is 19.8. The van der Waals surface area contributed by atoms with Crippen molar-refractivity contribution in [1.29, 1.82) is 0 Å². The zero-order valence-corrected chi connectivity index (χ0v) is 15.9. The highest BCUT2D eigenvalue weighted by Crippen LogP contribution is 2.21. The average Bonchev–Trinajstić information content (AvgIpc) is 2.63. The number of carbonyl (C=O) groups is 1. The van der Waals surface area contributed by atoms with Crippen molar-refractivity contribution in [3.8, 4) is 0 Å². The van der Waals surface area contributed by atoms with Gasteiger partial charge in [-0.2, -0.15) is 0 Å². The van der Waals surface area contributed by atoms with E-state index in [4.69, 9.17) is 0 Å². The van der Waals surface area contributed by atoms with Gasteiger partial charge < -0.3 is 5.32 Å². The van der Waals surface area contributed by atoms with Gasteiger partial charge in [0.25, 0.3) is 0 Å². The van der Waals surface area contributed by atoms with Crippen LogP contribution in [0.1, 0.15) is 44.1 Å². The molecule has 1 aromatic rings. The van der Waals surface area contributed by atoms with Crippen LogP contribution in [0.5, 0.6) is 0 Å². The van der Waals surface area contributed by atoms with Crippen LogP contribution in [0.2, 0.25) is 0 Å². The van der Waals surface area contributed by atoms with Crippen LogP contribution >= 0.6 is 15.9 Å². The van der Waals surface area contributed by atoms with Gasteiger partial charge in [-0.3, -0.25) is 9.69 Å². The molecule has 1 aliphatic heterocycles. The summed E-state index contributed by atoms with van der Waals surface area (Å²) in [6.07, 6.45) is 9.17. The van der Waals surface area contributed by atoms with Gasteiger partial charge in [0.1, 0.15) is 0 Å². The minimum absolute atomic E-state index is 0.190. The van der Waals surface area contributed by atoms with Crippen molar-refractivity contribution in [2.24, 2.45) is 5.92 Å². The predicted molar refractivity (Wildman–Crippen MR) is 102 cm³/mol. The second-order valence-electron chi connectivity index (χ2n) is 7.00. The van der Waals surface area contributed by atoms with Crippen LogP contribution in [0.25, 0.3) is 0 Å². The van der Waals surface area contributed by atoms with Gasteiger partial charge in [-0.15, -0.1) is 0 Å². The number of nitrogens with one attached hydrogen (secondary N) is 1. The number of benzene rings is 1. The summed E-state index contributed by atoms with van der Waals surface area (Å²) in [6, 6.07) is 8.52. The lowest BCUT2D eigenvalue weighted by Crippen LogP contribution is -2.40. The number of halogens is 1. The molecule has 1 fully saturated rings. The maximum atomic E-state index is 12.4. The van der Waals surface area contributed by atoms with E-state index in [0.717, 1.165) is 49.9 Å². The van der Waals surface area contributed by atoms with E-state index < -0.39 is 0 Å². The Morgan fingerprint density at radius 2 is 1.92 bits per heavy atom. The fraction of sp³-hybridized carbons (Fsp3) is 0.550. The standard InChI is InChI=1S/C20H27BrN2O/c21-19-8-6-17(7-9-19)15-23-12-10-18(11-13-23)20(24)22-14-16-4-2-1-3-5-16/h4,6-9,18H,1-3,5,10-15H2,(H,22,24). The van der Waals surface area contributed by atoms with Gasteiger partial charge in [0.05, 0.1) is 0 Å². The molecule has 0 spiro atoms. The van der Waals surface area contributed by atoms with E-state index in [2.05, 4.69) is 56.5 Å². The fourth-order valence-electron chi connectivity index (χ4n) is 3.61. The molecule has 130 valence electrons. The maximum absolute atomic E-state index is 12.4. The zero-order chi connectivity index (χ0) is 16.8. The van der Waals surface area contributed by atoms with Crippen molar-refractivity contribution < 1.29 is 4.79 Å². The summed E-state index contributed by atoms with van der Waals surface area (Å²) in [5.41, 5.74) is 2.76. The lowest BCUT2D eigenvalue weighted by atomic mass is 9.95. The van der Waals surface area contributed by atoms with Crippen molar-refractivity contribution in [1.82, 2.24) is 10.2 Å². The Morgan fingerprint density at radius 1 is 1.17 bits per heavy atom. The smallest absolute Gasteiger partial charge is 0.223 e. The largest absolute Gasteiger partial charge is 0.352 e. The third-order valence-corrected chi connectivity index (χ3v) is 5.68. The van der Waals surface area contributed by atoms with E-state index in [0.29, 0.717) is 0 Å². The van der Waals surface area contributed by atoms with Crippen LogP contribution in [0, 0.1) is 5.92 Å². The maximum Gasteiger partial charge on any atom is 0.223 e. The molecule has 1 amide bonds. The first-order chi connectivity index (χ1) is 11.7. The van der Waals surface area contributed by atoms with Gasteiger partial charge in [0, 0.05) is 23.5 Å². The van der Waals surface area contributed by atoms with E-state index in [1.165, 1.54) is 30.4 Å². The predicted octanol–water partition coefficient (Wildman–Crippen LogP) is 4.28. The van der Waals surface area contributed by atoms with E-state index in [1.807, 2.05) is 0 Å². The SMILES string of the molecule is O=C(NCC1=CCCCC1)C1CCN(Cc2ccc(Br)cc2)CC1. The van der Waals surface area contributed by atoms with Gasteiger partial charge in [0.2, 0.25) is 5.91 Å². The first-order valence-corrected chi connectivity index (χ1v) is 9.92. The van der Waals surface area contributed by atoms with Gasteiger partial charge in [-0.1, -0.05) is 39.7 Å². The van der Waals surface area contributed by atoms with E-state index in [1.54, 1.807) is 0 Å². The third-order valence-electron chi connectivity index (χ3n) is 5.15. The number of likely N-dealkylation sites (tertiary alicyclic amines) is 1. The number of nitrogens with zero attached hydrogens (tertiary/aromatic N) is 1. The number of allylic oxidation sites excluding steroid dienone is 1. The molecule has 1 N–H and O–H groups in total. The summed E-state index contributed by atoms with van der Waals surface area (Å²) in [7, 11) is 0. The van der Waals surface area contributed by atoms with Gasteiger partial charge in [0.15, 0.2) is 0 Å². The fourth-order valence-corrected chi connectivity index (χ4v) is 3.88. The molecule has 1 heterocycles. The van der Waals surface area contributed by atoms with Gasteiger partial charge in [-0.05, 0) is 69.3 Å². The van der Waals surface area contributed by atoms with E-state index >= 15 is 0 Å². The lowest BCUT2D eigenvalue weighted by molar-refractivity contribution is -0.126. The summed E-state index contributed by atoms with van der Waals surface area (Å²) >= 11 is 3.48. The second kappa shape index (κ2) is 8.82. The van der Waals surface area contributed by atoms with Crippen molar-refractivity contribution in [3.05, 3.63) is 46.0 Å². The summed E-state index contributed by atoms with van der Waals surface area (Å²) in [4.78, 5) is 14.8. The molecule has 24 heavy (non-hydrogen) atoms. The summed E-state index contributed by atoms with van der Waals surface area (Å²) in [5.74, 6) is 0.445. The lowest BCUT2D eigenvalue weighted by Gasteiger charge is -2.31. The zero-order valence-electron chi connectivity index (χ0n) is 14.3. The number of hydrogen-bond donors (Lipinski definition) is 1. The Labute approximate surface area is 153 Å². The molecule has 1 aliphatic carbocycles. The molecule has 4 heteroatoms. The molecule has 2 aliphatic rings. The molecule has 0 radical (unpaired) electrons. The molecular formula is C20H27BrN2O. The van der Waals surface area contributed by atoms with Crippen molar-refractivity contribution in [2.45, 2.75) is 45.1 Å². The summed E-state index contributed by atoms with van der Waals surface area (Å²) in [5, 5.41) is 3.16. The summed E-state index contributed by atoms with van der Waals surface area (Å²) < 4.78 is 1.12. The van der Waals surface area contributed by atoms with Gasteiger partial charge >= 0.3 is 0 Å². The molecule has 0 bridgehead atoms. The highest BCUT2D eigenvalue weighted by Gasteiger charge is 2.24. The molecule has 1 aromatic carbocycles. The molecule has 0 aromatic heterocycles. The monoisotopic (exact) mass is 390 g/mol. The number of rotatable bonds is 5. The Balaban J connectivity index is 1.40. The minimum Gasteiger partial charge on any atom is -0.352 e. The molecule has 3 nitrogen and oxygen atoms in total. The molecular weight excluding hydrogens is 364 g/mol. The van der Waals surface area contributed by atoms with Crippen molar-refractivity contribution in [2.75, 3.05) is 19.6 Å². The summed E-state index contributed by atoms with van der Waals surface area (Å²) in [6.45, 7) is 3.76. The van der Waals surface area contributed by atoms with Crippen LogP contribution in [0.15, 0.2) is 40.4 Å². The first-order valence-electron chi connectivity index (χ1n) is 9.13. The molecule has 1 saturated heterocycles. The highest BCUT2D eigenvalue weighted by molar-refractivity contribution is 9.10. The van der Waals surface area contributed by atoms with Crippen molar-refractivity contribution >= 4 is 21.8 Å². The second-order valence-corrected chi connectivity index (χ2v) is 7.92. The van der Waals surface area contributed by atoms with E-state index in [9.17, 15) is 4.79 Å². The molecule has 0 unspecified atom stereocenters. The Kier molecular flexibility index (Phi) is 6.50. The van der Waals surface area contributed by atoms with Crippen molar-refractivity contribution in [3.63, 3.8) is 0 Å². The minimum atomic E-state index is 0.190. The van der Waals surface area contributed by atoms with Crippen LogP contribution in [-0.2, 0) is 11.3 Å².